The molecule has 2 rings (SSSR count). The summed E-state index contributed by atoms with van der Waals surface area (Å²) in [5.41, 5.74) is 3.77. The first kappa shape index (κ1) is 13.9. The maximum Gasteiger partial charge on any atom is 0.306 e. The van der Waals surface area contributed by atoms with Gasteiger partial charge in [0.2, 0.25) is 0 Å². The van der Waals surface area contributed by atoms with Gasteiger partial charge in [0.25, 0.3) is 0 Å². The highest BCUT2D eigenvalue weighted by molar-refractivity contribution is 5.70. The van der Waals surface area contributed by atoms with E-state index in [2.05, 4.69) is 26.0 Å². The standard InChI is InChI=1S/C16H22O3/c1-10-9-15(19-3)11(2)8-14(10)12-4-6-13(7-5-12)16(17)18/h8-9,12-13H,4-7H2,1-3H3,(H,17,18). The van der Waals surface area contributed by atoms with Crippen LogP contribution in [0.4, 0.5) is 0 Å². The van der Waals surface area contributed by atoms with Crippen molar-refractivity contribution in [1.82, 2.24) is 0 Å². The molecule has 19 heavy (non-hydrogen) atoms. The van der Waals surface area contributed by atoms with Crippen LogP contribution < -0.4 is 4.74 Å². The Labute approximate surface area is 114 Å². The summed E-state index contributed by atoms with van der Waals surface area (Å²) in [4.78, 5) is 11.0. The minimum atomic E-state index is -0.638. The molecule has 3 heteroatoms. The lowest BCUT2D eigenvalue weighted by Gasteiger charge is -2.28. The monoisotopic (exact) mass is 262 g/mol. The molecular formula is C16H22O3. The number of benzene rings is 1. The molecule has 1 saturated carbocycles. The van der Waals surface area contributed by atoms with Gasteiger partial charge in [0.15, 0.2) is 0 Å². The van der Waals surface area contributed by atoms with Gasteiger partial charge in [0.05, 0.1) is 13.0 Å². The smallest absolute Gasteiger partial charge is 0.306 e. The summed E-state index contributed by atoms with van der Waals surface area (Å²) >= 11 is 0. The first-order chi connectivity index (χ1) is 9.02. The first-order valence-corrected chi connectivity index (χ1v) is 6.91. The second kappa shape index (κ2) is 5.64. The predicted octanol–water partition coefficient (Wildman–Crippen LogP) is 3.67. The number of hydrogen-bond donors (Lipinski definition) is 1. The predicted molar refractivity (Wildman–Crippen MR) is 74.8 cm³/mol. The van der Waals surface area contributed by atoms with Gasteiger partial charge >= 0.3 is 5.97 Å². The Kier molecular flexibility index (Phi) is 4.13. The van der Waals surface area contributed by atoms with Crippen LogP contribution in [0.5, 0.6) is 5.75 Å². The summed E-state index contributed by atoms with van der Waals surface area (Å²) in [7, 11) is 1.69. The molecule has 0 saturated heterocycles. The number of carbonyl (C=O) groups is 1. The zero-order chi connectivity index (χ0) is 14.0. The fourth-order valence-electron chi connectivity index (χ4n) is 3.12. The van der Waals surface area contributed by atoms with E-state index in [4.69, 9.17) is 9.84 Å². The van der Waals surface area contributed by atoms with E-state index in [1.807, 2.05) is 0 Å². The average molecular weight is 262 g/mol. The van der Waals surface area contributed by atoms with E-state index in [9.17, 15) is 4.79 Å². The maximum atomic E-state index is 11.0. The largest absolute Gasteiger partial charge is 0.496 e. The highest BCUT2D eigenvalue weighted by atomic mass is 16.5. The Morgan fingerprint density at radius 1 is 1.16 bits per heavy atom. The van der Waals surface area contributed by atoms with Crippen LogP contribution in [0.25, 0.3) is 0 Å². The third-order valence-corrected chi connectivity index (χ3v) is 4.30. The number of rotatable bonds is 3. The summed E-state index contributed by atoms with van der Waals surface area (Å²) < 4.78 is 5.34. The van der Waals surface area contributed by atoms with E-state index in [0.29, 0.717) is 5.92 Å². The van der Waals surface area contributed by atoms with E-state index in [-0.39, 0.29) is 5.92 Å². The van der Waals surface area contributed by atoms with Crippen LogP contribution >= 0.6 is 0 Å². The first-order valence-electron chi connectivity index (χ1n) is 6.91. The van der Waals surface area contributed by atoms with E-state index >= 15 is 0 Å². The fraction of sp³-hybridized carbons (Fsp3) is 0.562. The zero-order valence-corrected chi connectivity index (χ0v) is 11.9. The third-order valence-electron chi connectivity index (χ3n) is 4.30. The summed E-state index contributed by atoms with van der Waals surface area (Å²) in [6.45, 7) is 4.17. The summed E-state index contributed by atoms with van der Waals surface area (Å²) in [6.07, 6.45) is 3.54. The topological polar surface area (TPSA) is 46.5 Å². The van der Waals surface area contributed by atoms with Crippen molar-refractivity contribution in [3.8, 4) is 5.75 Å². The second-order valence-electron chi connectivity index (χ2n) is 5.57. The van der Waals surface area contributed by atoms with Crippen molar-refractivity contribution in [3.63, 3.8) is 0 Å². The van der Waals surface area contributed by atoms with Crippen molar-refractivity contribution in [2.24, 2.45) is 5.92 Å². The molecule has 1 N–H and O–H groups in total. The number of carboxylic acids is 1. The Hall–Kier alpha value is -1.51. The fourth-order valence-corrected chi connectivity index (χ4v) is 3.12. The quantitative estimate of drug-likeness (QED) is 0.904. The summed E-state index contributed by atoms with van der Waals surface area (Å²) in [5, 5.41) is 9.05. The summed E-state index contributed by atoms with van der Waals surface area (Å²) in [5.74, 6) is 0.651. The van der Waals surface area contributed by atoms with Crippen molar-refractivity contribution in [2.75, 3.05) is 7.11 Å². The molecule has 0 bridgehead atoms. The number of methoxy groups -OCH3 is 1. The van der Waals surface area contributed by atoms with Gasteiger partial charge in [-0.2, -0.15) is 0 Å². The third kappa shape index (κ3) is 2.91. The Bertz CT molecular complexity index is 471. The minimum Gasteiger partial charge on any atom is -0.496 e. The Balaban J connectivity index is 2.15. The van der Waals surface area contributed by atoms with Crippen LogP contribution in [-0.4, -0.2) is 18.2 Å². The second-order valence-corrected chi connectivity index (χ2v) is 5.57. The van der Waals surface area contributed by atoms with Crippen LogP contribution in [0.15, 0.2) is 12.1 Å². The molecule has 1 aliphatic carbocycles. The van der Waals surface area contributed by atoms with Crippen molar-refractivity contribution >= 4 is 5.97 Å². The van der Waals surface area contributed by atoms with Gasteiger partial charge in [-0.1, -0.05) is 6.07 Å². The normalized spacial score (nSPS) is 23.1. The van der Waals surface area contributed by atoms with Gasteiger partial charge in [0, 0.05) is 0 Å². The van der Waals surface area contributed by atoms with Gasteiger partial charge in [-0.25, -0.2) is 0 Å². The van der Waals surface area contributed by atoms with Crippen molar-refractivity contribution in [1.29, 1.82) is 0 Å². The number of hydrogen-bond acceptors (Lipinski definition) is 2. The lowest BCUT2D eigenvalue weighted by molar-refractivity contribution is -0.142. The molecule has 3 nitrogen and oxygen atoms in total. The minimum absolute atomic E-state index is 0.143. The van der Waals surface area contributed by atoms with E-state index < -0.39 is 5.97 Å². The highest BCUT2D eigenvalue weighted by Gasteiger charge is 2.27. The molecule has 1 aromatic carbocycles. The van der Waals surface area contributed by atoms with Gasteiger partial charge in [-0.15, -0.1) is 0 Å². The number of aliphatic carboxylic acids is 1. The van der Waals surface area contributed by atoms with E-state index in [1.165, 1.54) is 11.1 Å². The highest BCUT2D eigenvalue weighted by Crippen LogP contribution is 2.38. The molecular weight excluding hydrogens is 240 g/mol. The molecule has 0 aliphatic heterocycles. The number of ether oxygens (including phenoxy) is 1. The molecule has 0 amide bonds. The van der Waals surface area contributed by atoms with Gasteiger partial charge in [0.1, 0.15) is 5.75 Å². The SMILES string of the molecule is COc1cc(C)c(C2CCC(C(=O)O)CC2)cc1C. The molecule has 1 aliphatic rings. The molecule has 0 atom stereocenters. The lowest BCUT2D eigenvalue weighted by atomic mass is 9.77. The van der Waals surface area contributed by atoms with Crippen LogP contribution in [-0.2, 0) is 4.79 Å². The van der Waals surface area contributed by atoms with Gasteiger partial charge in [-0.05, 0) is 68.2 Å². The van der Waals surface area contributed by atoms with Crippen molar-refractivity contribution in [3.05, 3.63) is 28.8 Å². The van der Waals surface area contributed by atoms with Crippen molar-refractivity contribution in [2.45, 2.75) is 45.4 Å². The Morgan fingerprint density at radius 2 is 1.79 bits per heavy atom. The van der Waals surface area contributed by atoms with Crippen LogP contribution in [0.1, 0.15) is 48.3 Å². The van der Waals surface area contributed by atoms with Crippen LogP contribution in [0.2, 0.25) is 0 Å². The van der Waals surface area contributed by atoms with Gasteiger partial charge in [-0.3, -0.25) is 4.79 Å². The Morgan fingerprint density at radius 3 is 2.32 bits per heavy atom. The lowest BCUT2D eigenvalue weighted by Crippen LogP contribution is -2.21. The van der Waals surface area contributed by atoms with Crippen LogP contribution in [0.3, 0.4) is 0 Å². The van der Waals surface area contributed by atoms with Crippen molar-refractivity contribution < 1.29 is 14.6 Å². The molecule has 1 fully saturated rings. The van der Waals surface area contributed by atoms with Gasteiger partial charge < -0.3 is 9.84 Å². The molecule has 1 aromatic rings. The molecule has 0 heterocycles. The van der Waals surface area contributed by atoms with E-state index in [0.717, 1.165) is 37.0 Å². The molecule has 0 spiro atoms. The number of aryl methyl sites for hydroxylation is 2. The van der Waals surface area contributed by atoms with E-state index in [1.54, 1.807) is 7.11 Å². The molecule has 104 valence electrons. The van der Waals surface area contributed by atoms with Crippen LogP contribution in [0, 0.1) is 19.8 Å². The molecule has 0 radical (unpaired) electrons. The molecule has 0 unspecified atom stereocenters. The summed E-state index contributed by atoms with van der Waals surface area (Å²) in [6, 6.07) is 4.30. The average Bonchev–Trinajstić information content (AvgIpc) is 2.41. The number of carboxylic acid groups (broad SMARTS) is 1. The maximum absolute atomic E-state index is 11.0. The zero-order valence-electron chi connectivity index (χ0n) is 11.9. The molecule has 0 aromatic heterocycles.